The Balaban J connectivity index is 0.000000230. The largest absolute Gasteiger partial charge is 0.477 e. The number of hydrogen-bond donors (Lipinski definition) is 3. The number of esters is 1. The van der Waals surface area contributed by atoms with E-state index in [-0.39, 0.29) is 23.4 Å². The first-order chi connectivity index (χ1) is 18.0. The lowest BCUT2D eigenvalue weighted by Crippen LogP contribution is -2.11. The van der Waals surface area contributed by atoms with E-state index in [0.717, 1.165) is 11.6 Å². The molecule has 0 aliphatic heterocycles. The fraction of sp³-hybridized carbons (Fsp3) is 0.154. The van der Waals surface area contributed by atoms with Crippen LogP contribution >= 0.6 is 23.2 Å². The molecular formula is C26H21Cl2F3N2O5. The first-order valence-corrected chi connectivity index (χ1v) is 11.8. The molecule has 0 amide bonds. The average Bonchev–Trinajstić information content (AvgIpc) is 3.33. The molecule has 0 saturated heterocycles. The number of H-pyrrole nitrogens is 1. The molecule has 200 valence electrons. The van der Waals surface area contributed by atoms with E-state index < -0.39 is 29.4 Å². The van der Waals surface area contributed by atoms with Crippen LogP contribution in [0.4, 0.5) is 24.5 Å². The van der Waals surface area contributed by atoms with Gasteiger partial charge in [-0.2, -0.15) is 0 Å². The van der Waals surface area contributed by atoms with E-state index in [1.54, 1.807) is 30.3 Å². The van der Waals surface area contributed by atoms with Crippen LogP contribution in [-0.4, -0.2) is 35.4 Å². The molecule has 0 atom stereocenters. The highest BCUT2D eigenvalue weighted by Gasteiger charge is 2.18. The van der Waals surface area contributed by atoms with Crippen LogP contribution in [0, 0.1) is 24.4 Å². The molecule has 12 heteroatoms. The van der Waals surface area contributed by atoms with E-state index in [1.807, 2.05) is 19.9 Å². The third-order valence-corrected chi connectivity index (χ3v) is 5.96. The smallest absolute Gasteiger partial charge is 0.352 e. The first kappa shape index (κ1) is 28.8. The second-order valence-electron chi connectivity index (χ2n) is 7.70. The minimum atomic E-state index is -1.61. The lowest BCUT2D eigenvalue weighted by Gasteiger charge is -2.15. The van der Waals surface area contributed by atoms with Crippen molar-refractivity contribution in [3.05, 3.63) is 92.8 Å². The average molecular weight is 569 g/mol. The fourth-order valence-electron chi connectivity index (χ4n) is 3.23. The second kappa shape index (κ2) is 12.7. The number of hydrogen-bond acceptors (Lipinski definition) is 5. The number of anilines is 2. The molecule has 0 unspecified atom stereocenters. The molecule has 7 nitrogen and oxygen atoms in total. The maximum absolute atomic E-state index is 13.1. The molecule has 1 heterocycles. The number of carbonyl (C=O) groups is 2. The van der Waals surface area contributed by atoms with E-state index in [1.165, 1.54) is 0 Å². The summed E-state index contributed by atoms with van der Waals surface area (Å²) in [7, 11) is 0. The lowest BCUT2D eigenvalue weighted by atomic mass is 10.1. The van der Waals surface area contributed by atoms with Gasteiger partial charge in [0.1, 0.15) is 5.69 Å². The van der Waals surface area contributed by atoms with E-state index in [2.05, 4.69) is 10.3 Å². The number of aromatic carboxylic acids is 1. The number of benzene rings is 3. The Kier molecular flexibility index (Phi) is 9.62. The maximum atomic E-state index is 13.1. The van der Waals surface area contributed by atoms with Gasteiger partial charge in [-0.05, 0) is 43.7 Å². The summed E-state index contributed by atoms with van der Waals surface area (Å²) in [5.41, 5.74) is 1.95. The van der Waals surface area contributed by atoms with Crippen molar-refractivity contribution >= 4 is 57.4 Å². The van der Waals surface area contributed by atoms with Crippen LogP contribution in [0.15, 0.2) is 48.5 Å². The molecular weight excluding hydrogens is 548 g/mol. The highest BCUT2D eigenvalue weighted by atomic mass is 35.5. The van der Waals surface area contributed by atoms with Crippen molar-refractivity contribution in [3.63, 3.8) is 0 Å². The van der Waals surface area contributed by atoms with E-state index >= 15 is 0 Å². The highest BCUT2D eigenvalue weighted by molar-refractivity contribution is 6.39. The Bertz CT molecular complexity index is 1490. The predicted molar refractivity (Wildman–Crippen MR) is 138 cm³/mol. The molecule has 3 aromatic carbocycles. The molecule has 0 saturated carbocycles. The molecule has 38 heavy (non-hydrogen) atoms. The van der Waals surface area contributed by atoms with Gasteiger partial charge in [0.25, 0.3) is 0 Å². The van der Waals surface area contributed by atoms with Gasteiger partial charge in [-0.1, -0.05) is 41.4 Å². The van der Waals surface area contributed by atoms with Crippen LogP contribution in [0.1, 0.15) is 33.3 Å². The van der Waals surface area contributed by atoms with Crippen LogP contribution in [0.3, 0.4) is 0 Å². The zero-order valence-corrected chi connectivity index (χ0v) is 21.5. The van der Waals surface area contributed by atoms with Crippen molar-refractivity contribution in [2.75, 3.05) is 18.7 Å². The van der Waals surface area contributed by atoms with Gasteiger partial charge in [0, 0.05) is 18.1 Å². The Morgan fingerprint density at radius 2 is 1.76 bits per heavy atom. The number of carboxylic acids is 1. The summed E-state index contributed by atoms with van der Waals surface area (Å²) < 4.78 is 48.7. The van der Waals surface area contributed by atoms with Gasteiger partial charge in [-0.25, -0.2) is 22.8 Å². The number of aromatic nitrogens is 1. The Morgan fingerprint density at radius 1 is 1.05 bits per heavy atom. The highest BCUT2D eigenvalue weighted by Crippen LogP contribution is 2.36. The van der Waals surface area contributed by atoms with Gasteiger partial charge in [0.15, 0.2) is 24.2 Å². The summed E-state index contributed by atoms with van der Waals surface area (Å²) in [6.45, 7) is 4.09. The monoisotopic (exact) mass is 568 g/mol. The van der Waals surface area contributed by atoms with Crippen molar-refractivity contribution < 1.29 is 37.3 Å². The standard InChI is InChI=1S/C17H17Cl2NO3.C9H4F3NO2/c1-3-22-10-23-17(21)12-6-4-5-7-14(12)20-16-13(18)9-8-11(2)15(16)19;10-4-2-5-3(7(11)8(4)12)1-6(13-5)9(14)15/h4-9,20H,3,10H2,1-2H3;1-2,13H,(H,14,15). The third-order valence-electron chi connectivity index (χ3n) is 5.16. The number of fused-ring (bicyclic) bond motifs is 1. The topological polar surface area (TPSA) is 101 Å². The Labute approximate surface area is 225 Å². The van der Waals surface area contributed by atoms with E-state index in [0.29, 0.717) is 39.7 Å². The first-order valence-electron chi connectivity index (χ1n) is 11.0. The van der Waals surface area contributed by atoms with Gasteiger partial charge >= 0.3 is 11.9 Å². The van der Waals surface area contributed by atoms with Crippen LogP contribution in [-0.2, 0) is 9.47 Å². The molecule has 0 aliphatic rings. The fourth-order valence-corrected chi connectivity index (χ4v) is 3.69. The second-order valence-corrected chi connectivity index (χ2v) is 8.49. The summed E-state index contributed by atoms with van der Waals surface area (Å²) in [5.74, 6) is -6.18. The summed E-state index contributed by atoms with van der Waals surface area (Å²) in [6, 6.07) is 12.2. The molecule has 0 radical (unpaired) electrons. The van der Waals surface area contributed by atoms with E-state index in [9.17, 15) is 22.8 Å². The SMILES string of the molecule is CCOCOC(=O)c1ccccc1Nc1c(Cl)ccc(C)c1Cl.O=C(O)c1cc2c(F)c(F)c(F)cc2[nH]1. The number of halogens is 5. The number of ether oxygens (including phenoxy) is 2. The van der Waals surface area contributed by atoms with Gasteiger partial charge < -0.3 is 24.9 Å². The summed E-state index contributed by atoms with van der Waals surface area (Å²) in [5, 5.41) is 12.4. The zero-order valence-electron chi connectivity index (χ0n) is 20.0. The van der Waals surface area contributed by atoms with Crippen LogP contribution < -0.4 is 5.32 Å². The molecule has 0 bridgehead atoms. The number of rotatable bonds is 7. The molecule has 4 aromatic rings. The van der Waals surface area contributed by atoms with Gasteiger partial charge in [0.2, 0.25) is 0 Å². The van der Waals surface area contributed by atoms with E-state index in [4.69, 9.17) is 37.8 Å². The lowest BCUT2D eigenvalue weighted by molar-refractivity contribution is -0.0273. The maximum Gasteiger partial charge on any atom is 0.352 e. The molecule has 0 spiro atoms. The summed E-state index contributed by atoms with van der Waals surface area (Å²) in [4.78, 5) is 24.9. The quantitative estimate of drug-likeness (QED) is 0.0924. The third kappa shape index (κ3) is 6.58. The minimum Gasteiger partial charge on any atom is -0.477 e. The molecule has 3 N–H and O–H groups in total. The number of nitrogens with one attached hydrogen (secondary N) is 2. The number of carboxylic acid groups (broad SMARTS) is 1. The minimum absolute atomic E-state index is 0.0877. The van der Waals surface area contributed by atoms with Crippen molar-refractivity contribution in [3.8, 4) is 0 Å². The number of aromatic amines is 1. The number of carbonyl (C=O) groups excluding carboxylic acids is 1. The summed E-state index contributed by atoms with van der Waals surface area (Å²) >= 11 is 12.5. The van der Waals surface area contributed by atoms with Crippen molar-refractivity contribution in [2.45, 2.75) is 13.8 Å². The molecule has 1 aromatic heterocycles. The van der Waals surface area contributed by atoms with Crippen molar-refractivity contribution in [1.29, 1.82) is 0 Å². The summed E-state index contributed by atoms with van der Waals surface area (Å²) in [6.07, 6.45) is 0. The Morgan fingerprint density at radius 3 is 2.45 bits per heavy atom. The predicted octanol–water partition coefficient (Wildman–Crippen LogP) is 7.48. The van der Waals surface area contributed by atoms with Gasteiger partial charge in [-0.15, -0.1) is 0 Å². The molecule has 4 rings (SSSR count). The zero-order chi connectivity index (χ0) is 28.0. The van der Waals surface area contributed by atoms with Crippen LogP contribution in [0.5, 0.6) is 0 Å². The normalized spacial score (nSPS) is 10.6. The van der Waals surface area contributed by atoms with Crippen LogP contribution in [0.25, 0.3) is 10.9 Å². The van der Waals surface area contributed by atoms with Gasteiger partial charge in [-0.3, -0.25) is 0 Å². The number of para-hydroxylation sites is 1. The van der Waals surface area contributed by atoms with Gasteiger partial charge in [0.05, 0.1) is 32.5 Å². The van der Waals surface area contributed by atoms with Crippen molar-refractivity contribution in [1.82, 2.24) is 4.98 Å². The Hall–Kier alpha value is -3.73. The number of aryl methyl sites for hydroxylation is 1. The van der Waals surface area contributed by atoms with Crippen LogP contribution in [0.2, 0.25) is 10.0 Å². The molecule has 0 aliphatic carbocycles. The van der Waals surface area contributed by atoms with Crippen molar-refractivity contribution in [2.24, 2.45) is 0 Å². The molecule has 0 fully saturated rings.